The van der Waals surface area contributed by atoms with Crippen LogP contribution in [-0.4, -0.2) is 18.1 Å². The quantitative estimate of drug-likeness (QED) is 0.523. The standard InChI is InChI=1S/C10H12N2O3/c1-7-5-9(12(13)14)8(3-4-11)6-10(7)15-2/h6,9H,3,5H2,1-2H3. The molecular weight excluding hydrogens is 196 g/mol. The number of hydrogen-bond donors (Lipinski definition) is 0. The summed E-state index contributed by atoms with van der Waals surface area (Å²) >= 11 is 0. The summed E-state index contributed by atoms with van der Waals surface area (Å²) < 4.78 is 5.08. The second-order valence-electron chi connectivity index (χ2n) is 3.41. The molecule has 0 aromatic heterocycles. The number of nitro groups is 1. The van der Waals surface area contributed by atoms with E-state index in [9.17, 15) is 10.1 Å². The lowest BCUT2D eigenvalue weighted by molar-refractivity contribution is -0.512. The van der Waals surface area contributed by atoms with Gasteiger partial charge >= 0.3 is 0 Å². The zero-order valence-corrected chi connectivity index (χ0v) is 8.69. The molecule has 0 heterocycles. The molecule has 1 aliphatic rings. The Kier molecular flexibility index (Phi) is 3.45. The molecule has 0 bridgehead atoms. The molecule has 0 amide bonds. The molecule has 5 nitrogen and oxygen atoms in total. The summed E-state index contributed by atoms with van der Waals surface area (Å²) in [7, 11) is 1.52. The van der Waals surface area contributed by atoms with E-state index in [0.29, 0.717) is 17.8 Å². The van der Waals surface area contributed by atoms with Gasteiger partial charge in [0.2, 0.25) is 6.04 Å². The van der Waals surface area contributed by atoms with Crippen LogP contribution in [0.5, 0.6) is 0 Å². The zero-order valence-electron chi connectivity index (χ0n) is 8.69. The summed E-state index contributed by atoms with van der Waals surface area (Å²) in [5.41, 5.74) is 1.37. The lowest BCUT2D eigenvalue weighted by atomic mass is 9.91. The van der Waals surface area contributed by atoms with Gasteiger partial charge in [0.25, 0.3) is 0 Å². The van der Waals surface area contributed by atoms with E-state index in [1.807, 2.05) is 6.07 Å². The van der Waals surface area contributed by atoms with E-state index in [0.717, 1.165) is 5.57 Å². The van der Waals surface area contributed by atoms with Gasteiger partial charge in [0.15, 0.2) is 0 Å². The van der Waals surface area contributed by atoms with Gasteiger partial charge in [0.1, 0.15) is 5.76 Å². The maximum Gasteiger partial charge on any atom is 0.239 e. The maximum atomic E-state index is 10.8. The predicted molar refractivity (Wildman–Crippen MR) is 53.4 cm³/mol. The number of nitriles is 1. The number of ether oxygens (including phenoxy) is 1. The predicted octanol–water partition coefficient (Wildman–Crippen LogP) is 1.80. The highest BCUT2D eigenvalue weighted by Gasteiger charge is 2.30. The molecule has 0 saturated carbocycles. The molecule has 0 N–H and O–H groups in total. The van der Waals surface area contributed by atoms with Crippen LogP contribution in [0.15, 0.2) is 23.0 Å². The number of allylic oxidation sites excluding steroid dienone is 1. The molecule has 1 atom stereocenters. The summed E-state index contributed by atoms with van der Waals surface area (Å²) in [5.74, 6) is 0.637. The monoisotopic (exact) mass is 208 g/mol. The van der Waals surface area contributed by atoms with Gasteiger partial charge in [-0.15, -0.1) is 0 Å². The minimum absolute atomic E-state index is 0.0752. The molecule has 80 valence electrons. The van der Waals surface area contributed by atoms with E-state index in [4.69, 9.17) is 10.00 Å². The first-order chi connectivity index (χ1) is 7.10. The summed E-state index contributed by atoms with van der Waals surface area (Å²) in [4.78, 5) is 10.4. The van der Waals surface area contributed by atoms with Gasteiger partial charge in [-0.2, -0.15) is 5.26 Å². The fourth-order valence-corrected chi connectivity index (χ4v) is 1.61. The van der Waals surface area contributed by atoms with Gasteiger partial charge in [-0.05, 0) is 18.6 Å². The van der Waals surface area contributed by atoms with E-state index >= 15 is 0 Å². The smallest absolute Gasteiger partial charge is 0.239 e. The molecule has 0 aromatic rings. The largest absolute Gasteiger partial charge is 0.497 e. The van der Waals surface area contributed by atoms with Crippen molar-refractivity contribution in [2.75, 3.05) is 7.11 Å². The average molecular weight is 208 g/mol. The highest BCUT2D eigenvalue weighted by molar-refractivity contribution is 5.33. The molecule has 15 heavy (non-hydrogen) atoms. The highest BCUT2D eigenvalue weighted by Crippen LogP contribution is 2.27. The zero-order chi connectivity index (χ0) is 11.4. The van der Waals surface area contributed by atoms with E-state index in [1.54, 1.807) is 13.0 Å². The molecule has 0 saturated heterocycles. The first-order valence-electron chi connectivity index (χ1n) is 4.54. The van der Waals surface area contributed by atoms with Gasteiger partial charge in [-0.1, -0.05) is 0 Å². The van der Waals surface area contributed by atoms with Crippen LogP contribution in [0.3, 0.4) is 0 Å². The van der Waals surface area contributed by atoms with E-state index < -0.39 is 6.04 Å². The van der Waals surface area contributed by atoms with Crippen molar-refractivity contribution in [1.82, 2.24) is 0 Å². The van der Waals surface area contributed by atoms with Crippen molar-refractivity contribution in [2.24, 2.45) is 0 Å². The highest BCUT2D eigenvalue weighted by atomic mass is 16.6. The summed E-state index contributed by atoms with van der Waals surface area (Å²) in [6, 6.07) is 1.16. The number of hydrogen-bond acceptors (Lipinski definition) is 4. The third-order valence-corrected chi connectivity index (χ3v) is 2.42. The number of rotatable bonds is 3. The van der Waals surface area contributed by atoms with Crippen LogP contribution in [-0.2, 0) is 4.74 Å². The Morgan fingerprint density at radius 2 is 2.47 bits per heavy atom. The van der Waals surface area contributed by atoms with Gasteiger partial charge in [-0.3, -0.25) is 10.1 Å². The third-order valence-electron chi connectivity index (χ3n) is 2.42. The summed E-state index contributed by atoms with van der Waals surface area (Å²) in [6.45, 7) is 1.80. The van der Waals surface area contributed by atoms with Crippen molar-refractivity contribution >= 4 is 0 Å². The molecule has 0 spiro atoms. The normalized spacial score (nSPS) is 20.6. The Balaban J connectivity index is 3.02. The van der Waals surface area contributed by atoms with Crippen molar-refractivity contribution < 1.29 is 9.66 Å². The minimum Gasteiger partial charge on any atom is -0.497 e. The van der Waals surface area contributed by atoms with Crippen LogP contribution in [0.2, 0.25) is 0 Å². The van der Waals surface area contributed by atoms with Crippen molar-refractivity contribution in [3.8, 4) is 6.07 Å². The number of nitrogens with zero attached hydrogens (tertiary/aromatic N) is 2. The first-order valence-corrected chi connectivity index (χ1v) is 4.54. The van der Waals surface area contributed by atoms with Crippen LogP contribution in [0, 0.1) is 21.4 Å². The maximum absolute atomic E-state index is 10.8. The Morgan fingerprint density at radius 3 is 2.93 bits per heavy atom. The Labute approximate surface area is 87.8 Å². The van der Waals surface area contributed by atoms with Crippen LogP contribution >= 0.6 is 0 Å². The second kappa shape index (κ2) is 4.60. The summed E-state index contributed by atoms with van der Waals surface area (Å²) in [6.07, 6.45) is 2.00. The van der Waals surface area contributed by atoms with Crippen LogP contribution in [0.4, 0.5) is 0 Å². The Morgan fingerprint density at radius 1 is 1.80 bits per heavy atom. The van der Waals surface area contributed by atoms with Gasteiger partial charge in [0.05, 0.1) is 19.6 Å². The van der Waals surface area contributed by atoms with E-state index in [1.165, 1.54) is 7.11 Å². The SMILES string of the molecule is COC1=C(C)CC([N+](=O)[O-])C(CC#N)=C1. The fraction of sp³-hybridized carbons (Fsp3) is 0.500. The molecule has 0 aromatic carbocycles. The van der Waals surface area contributed by atoms with Gasteiger partial charge < -0.3 is 4.74 Å². The molecular formula is C10H12N2O3. The molecule has 0 radical (unpaired) electrons. The van der Waals surface area contributed by atoms with Crippen LogP contribution in [0.1, 0.15) is 19.8 Å². The average Bonchev–Trinajstić information content (AvgIpc) is 2.20. The van der Waals surface area contributed by atoms with Crippen molar-refractivity contribution in [3.63, 3.8) is 0 Å². The topological polar surface area (TPSA) is 76.2 Å². The first kappa shape index (κ1) is 11.2. The van der Waals surface area contributed by atoms with Gasteiger partial charge in [0, 0.05) is 16.9 Å². The minimum atomic E-state index is -0.774. The number of methoxy groups -OCH3 is 1. The molecule has 5 heteroatoms. The molecule has 0 fully saturated rings. The lowest BCUT2D eigenvalue weighted by Crippen LogP contribution is -2.25. The van der Waals surface area contributed by atoms with E-state index in [-0.39, 0.29) is 11.3 Å². The third kappa shape index (κ3) is 2.34. The second-order valence-corrected chi connectivity index (χ2v) is 3.41. The van der Waals surface area contributed by atoms with Crippen molar-refractivity contribution in [3.05, 3.63) is 33.1 Å². The molecule has 1 rings (SSSR count). The lowest BCUT2D eigenvalue weighted by Gasteiger charge is -2.19. The Bertz CT molecular complexity index is 377. The fourth-order valence-electron chi connectivity index (χ4n) is 1.61. The van der Waals surface area contributed by atoms with Crippen molar-refractivity contribution in [1.29, 1.82) is 5.26 Å². The molecule has 1 unspecified atom stereocenters. The summed E-state index contributed by atoms with van der Waals surface area (Å²) in [5, 5.41) is 19.3. The van der Waals surface area contributed by atoms with Crippen molar-refractivity contribution in [2.45, 2.75) is 25.8 Å². The van der Waals surface area contributed by atoms with Gasteiger partial charge in [-0.25, -0.2) is 0 Å². The molecule has 0 aliphatic heterocycles. The Hall–Kier alpha value is -1.83. The van der Waals surface area contributed by atoms with Crippen LogP contribution in [0.25, 0.3) is 0 Å². The van der Waals surface area contributed by atoms with Crippen LogP contribution < -0.4 is 0 Å². The molecule has 1 aliphatic carbocycles. The van der Waals surface area contributed by atoms with E-state index in [2.05, 4.69) is 0 Å².